The topological polar surface area (TPSA) is 22.1 Å². The van der Waals surface area contributed by atoms with Gasteiger partial charge in [0.15, 0.2) is 0 Å². The molecule has 22 heavy (non-hydrogen) atoms. The lowest BCUT2D eigenvalue weighted by Gasteiger charge is -2.11. The Morgan fingerprint density at radius 1 is 0.818 bits per heavy atom. The van der Waals surface area contributed by atoms with Crippen molar-refractivity contribution in [1.82, 2.24) is 4.98 Å². The van der Waals surface area contributed by atoms with Gasteiger partial charge in [-0.1, -0.05) is 12.1 Å². The van der Waals surface area contributed by atoms with Gasteiger partial charge in [0.25, 0.3) is 0 Å². The number of rotatable bonds is 2. The molecular weight excluding hydrogens is 319 g/mol. The monoisotopic (exact) mass is 325 g/mol. The summed E-state index contributed by atoms with van der Waals surface area (Å²) in [6.45, 7) is 0. The Morgan fingerprint density at radius 2 is 1.41 bits per heavy atom. The zero-order valence-corrected chi connectivity index (χ0v) is 10.5. The molecule has 1 aromatic carbocycles. The molecule has 0 fully saturated rings. The van der Waals surface area contributed by atoms with Crippen molar-refractivity contribution in [2.24, 2.45) is 0 Å². The number of halogens is 7. The van der Waals surface area contributed by atoms with E-state index in [-0.39, 0.29) is 11.1 Å². The predicted octanol–water partition coefficient (Wildman–Crippen LogP) is 4.81. The molecule has 0 aliphatic heterocycles. The minimum Gasteiger partial charge on any atom is -0.406 e. The molecule has 0 N–H and O–H groups in total. The standard InChI is InChI=1S/C13H6F7NO/c14-11-6-8(5-10(21-11)12(15,16)17)7-1-3-9(4-2-7)22-13(18,19)20/h1-6H. The fourth-order valence-corrected chi connectivity index (χ4v) is 1.66. The SMILES string of the molecule is Fc1cc(-c2ccc(OC(F)(F)F)cc2)cc(C(F)(F)F)n1. The van der Waals surface area contributed by atoms with Gasteiger partial charge in [0.1, 0.15) is 11.4 Å². The average molecular weight is 325 g/mol. The van der Waals surface area contributed by atoms with Crippen molar-refractivity contribution >= 4 is 0 Å². The summed E-state index contributed by atoms with van der Waals surface area (Å²) in [7, 11) is 0. The molecule has 0 spiro atoms. The van der Waals surface area contributed by atoms with Gasteiger partial charge < -0.3 is 4.74 Å². The number of hydrogen-bond acceptors (Lipinski definition) is 2. The minimum atomic E-state index is -4.88. The van der Waals surface area contributed by atoms with E-state index in [4.69, 9.17) is 0 Å². The van der Waals surface area contributed by atoms with Crippen molar-refractivity contribution in [2.75, 3.05) is 0 Å². The van der Waals surface area contributed by atoms with Crippen LogP contribution in [0, 0.1) is 5.95 Å². The highest BCUT2D eigenvalue weighted by molar-refractivity contribution is 5.64. The van der Waals surface area contributed by atoms with E-state index >= 15 is 0 Å². The van der Waals surface area contributed by atoms with Crippen molar-refractivity contribution in [3.8, 4) is 16.9 Å². The van der Waals surface area contributed by atoms with Crippen LogP contribution in [0.5, 0.6) is 5.75 Å². The maximum absolute atomic E-state index is 13.2. The molecule has 0 saturated carbocycles. The minimum absolute atomic E-state index is 0.0846. The van der Waals surface area contributed by atoms with Crippen molar-refractivity contribution < 1.29 is 35.5 Å². The van der Waals surface area contributed by atoms with Crippen LogP contribution in [0.4, 0.5) is 30.7 Å². The van der Waals surface area contributed by atoms with Crippen molar-refractivity contribution in [3.63, 3.8) is 0 Å². The summed E-state index contributed by atoms with van der Waals surface area (Å²) in [5.74, 6) is -1.89. The molecular formula is C13H6F7NO. The highest BCUT2D eigenvalue weighted by atomic mass is 19.4. The van der Waals surface area contributed by atoms with Crippen LogP contribution in [0.15, 0.2) is 36.4 Å². The molecule has 0 amide bonds. The summed E-state index contributed by atoms with van der Waals surface area (Å²) in [4.78, 5) is 2.73. The van der Waals surface area contributed by atoms with Crippen LogP contribution >= 0.6 is 0 Å². The van der Waals surface area contributed by atoms with Crippen LogP contribution in [0.2, 0.25) is 0 Å². The Morgan fingerprint density at radius 3 is 1.91 bits per heavy atom. The first-order valence-corrected chi connectivity index (χ1v) is 5.65. The Hall–Kier alpha value is -2.32. The second kappa shape index (κ2) is 5.47. The summed E-state index contributed by atoms with van der Waals surface area (Å²) < 4.78 is 90.4. The van der Waals surface area contributed by atoms with E-state index in [0.29, 0.717) is 6.07 Å². The van der Waals surface area contributed by atoms with Gasteiger partial charge in [-0.15, -0.1) is 13.2 Å². The first kappa shape index (κ1) is 16.1. The molecule has 1 heterocycles. The van der Waals surface area contributed by atoms with E-state index in [1.807, 2.05) is 0 Å². The maximum Gasteiger partial charge on any atom is 0.573 e. The largest absolute Gasteiger partial charge is 0.573 e. The summed E-state index contributed by atoms with van der Waals surface area (Å²) >= 11 is 0. The molecule has 0 bridgehead atoms. The van der Waals surface area contributed by atoms with Crippen molar-refractivity contribution in [2.45, 2.75) is 12.5 Å². The normalized spacial score (nSPS) is 12.3. The van der Waals surface area contributed by atoms with Crippen LogP contribution in [0.25, 0.3) is 11.1 Å². The summed E-state index contributed by atoms with van der Waals surface area (Å²) in [5, 5.41) is 0. The van der Waals surface area contributed by atoms with Crippen molar-refractivity contribution in [1.29, 1.82) is 0 Å². The van der Waals surface area contributed by atoms with Gasteiger partial charge in [-0.25, -0.2) is 4.98 Å². The van der Waals surface area contributed by atoms with Crippen LogP contribution in [0.1, 0.15) is 5.69 Å². The molecule has 0 aliphatic carbocycles. The van der Waals surface area contributed by atoms with Gasteiger partial charge in [0.2, 0.25) is 5.95 Å². The Labute approximate surface area is 119 Å². The second-order valence-corrected chi connectivity index (χ2v) is 4.13. The number of pyridine rings is 1. The highest BCUT2D eigenvalue weighted by Gasteiger charge is 2.33. The third-order valence-corrected chi connectivity index (χ3v) is 2.51. The third kappa shape index (κ3) is 4.09. The molecule has 0 atom stereocenters. The first-order chi connectivity index (χ1) is 10.0. The van der Waals surface area contributed by atoms with Crippen molar-refractivity contribution in [3.05, 3.63) is 48.0 Å². The molecule has 9 heteroatoms. The fourth-order valence-electron chi connectivity index (χ4n) is 1.66. The van der Waals surface area contributed by atoms with Gasteiger partial charge in [-0.2, -0.15) is 17.6 Å². The lowest BCUT2D eigenvalue weighted by Crippen LogP contribution is -2.16. The smallest absolute Gasteiger partial charge is 0.406 e. The molecule has 118 valence electrons. The molecule has 0 saturated heterocycles. The fraction of sp³-hybridized carbons (Fsp3) is 0.154. The molecule has 0 aliphatic rings. The molecule has 0 radical (unpaired) electrons. The van der Waals surface area contributed by atoms with Crippen LogP contribution in [-0.2, 0) is 6.18 Å². The van der Waals surface area contributed by atoms with E-state index in [1.165, 1.54) is 0 Å². The van der Waals surface area contributed by atoms with Gasteiger partial charge >= 0.3 is 12.5 Å². The third-order valence-electron chi connectivity index (χ3n) is 2.51. The van der Waals surface area contributed by atoms with E-state index in [2.05, 4.69) is 9.72 Å². The lowest BCUT2D eigenvalue weighted by molar-refractivity contribution is -0.274. The number of hydrogen-bond donors (Lipinski definition) is 0. The zero-order chi connectivity index (χ0) is 16.5. The Bertz CT molecular complexity index is 662. The van der Waals surface area contributed by atoms with Gasteiger partial charge in [-0.3, -0.25) is 0 Å². The molecule has 0 unspecified atom stereocenters. The van der Waals surface area contributed by atoms with E-state index in [0.717, 1.165) is 30.3 Å². The average Bonchev–Trinajstić information content (AvgIpc) is 2.36. The number of alkyl halides is 6. The molecule has 2 nitrogen and oxygen atoms in total. The molecule has 2 aromatic rings. The number of nitrogens with zero attached hydrogens (tertiary/aromatic N) is 1. The zero-order valence-electron chi connectivity index (χ0n) is 10.5. The van der Waals surface area contributed by atoms with E-state index in [9.17, 15) is 30.7 Å². The van der Waals surface area contributed by atoms with E-state index in [1.54, 1.807) is 0 Å². The first-order valence-electron chi connectivity index (χ1n) is 5.65. The maximum atomic E-state index is 13.2. The number of ether oxygens (including phenoxy) is 1. The molecule has 2 rings (SSSR count). The number of aromatic nitrogens is 1. The Kier molecular flexibility index (Phi) is 3.99. The van der Waals surface area contributed by atoms with Crippen LogP contribution in [0.3, 0.4) is 0 Å². The van der Waals surface area contributed by atoms with Crippen LogP contribution < -0.4 is 4.74 Å². The van der Waals surface area contributed by atoms with Gasteiger partial charge in [0.05, 0.1) is 0 Å². The van der Waals surface area contributed by atoms with Crippen LogP contribution in [-0.4, -0.2) is 11.3 Å². The molecule has 1 aromatic heterocycles. The van der Waals surface area contributed by atoms with Gasteiger partial charge in [0, 0.05) is 6.07 Å². The van der Waals surface area contributed by atoms with Gasteiger partial charge in [-0.05, 0) is 29.3 Å². The number of benzene rings is 1. The summed E-state index contributed by atoms with van der Waals surface area (Å²) in [6, 6.07) is 5.33. The predicted molar refractivity (Wildman–Crippen MR) is 61.3 cm³/mol. The van der Waals surface area contributed by atoms with E-state index < -0.39 is 29.9 Å². The summed E-state index contributed by atoms with van der Waals surface area (Å²) in [6.07, 6.45) is -9.72. The lowest BCUT2D eigenvalue weighted by atomic mass is 10.1. The quantitative estimate of drug-likeness (QED) is 0.584. The Balaban J connectivity index is 2.34. The highest BCUT2D eigenvalue weighted by Crippen LogP contribution is 2.32. The summed E-state index contributed by atoms with van der Waals surface area (Å²) in [5.41, 5.74) is -1.52. The second-order valence-electron chi connectivity index (χ2n) is 4.13.